The molecule has 10 nitrogen and oxygen atoms in total. The first-order chi connectivity index (χ1) is 16.4. The maximum Gasteiger partial charge on any atom is 0.322 e. The van der Waals surface area contributed by atoms with Crippen molar-refractivity contribution in [1.29, 1.82) is 0 Å². The number of rotatable bonds is 9. The minimum Gasteiger partial charge on any atom is -0.485 e. The molecule has 1 unspecified atom stereocenters. The molecule has 0 saturated heterocycles. The fourth-order valence-electron chi connectivity index (χ4n) is 3.44. The number of fused-ring (bicyclic) bond motifs is 1. The average molecular weight is 487 g/mol. The van der Waals surface area contributed by atoms with Gasteiger partial charge in [0, 0.05) is 18.7 Å². The van der Waals surface area contributed by atoms with Crippen LogP contribution in [0.3, 0.4) is 0 Å². The summed E-state index contributed by atoms with van der Waals surface area (Å²) in [6, 6.07) is 12.9. The molecule has 1 amide bonds. The van der Waals surface area contributed by atoms with Gasteiger partial charge in [0.05, 0.1) is 4.90 Å². The van der Waals surface area contributed by atoms with Crippen LogP contribution >= 0.6 is 0 Å². The van der Waals surface area contributed by atoms with E-state index in [1.807, 2.05) is 19.1 Å². The Morgan fingerprint density at radius 3 is 2.53 bits per heavy atom. The lowest BCUT2D eigenvalue weighted by molar-refractivity contribution is 0.0716. The Labute approximate surface area is 197 Å². The summed E-state index contributed by atoms with van der Waals surface area (Å²) in [5, 5.41) is 10.3. The van der Waals surface area contributed by atoms with Gasteiger partial charge in [-0.2, -0.15) is 4.31 Å². The van der Waals surface area contributed by atoms with Gasteiger partial charge in [-0.3, -0.25) is 10.1 Å². The zero-order chi connectivity index (χ0) is 24.1. The third-order valence-corrected chi connectivity index (χ3v) is 7.30. The maximum atomic E-state index is 12.8. The largest absolute Gasteiger partial charge is 0.485 e. The Bertz CT molecular complexity index is 1240. The van der Waals surface area contributed by atoms with E-state index in [0.717, 1.165) is 12.8 Å². The minimum atomic E-state index is -3.62. The van der Waals surface area contributed by atoms with Crippen molar-refractivity contribution < 1.29 is 27.1 Å². The lowest BCUT2D eigenvalue weighted by atomic mass is 10.2. The number of hydrogen-bond donors (Lipinski definition) is 1. The molecule has 1 aromatic heterocycles. The van der Waals surface area contributed by atoms with E-state index in [-0.39, 0.29) is 29.0 Å². The normalized spacial score (nSPS) is 15.3. The van der Waals surface area contributed by atoms with Crippen molar-refractivity contribution >= 4 is 21.9 Å². The standard InChI is InChI=1S/C23H26N4O6S/c1-3-5-14-27(4-2)34(29,30)17-12-10-16(11-13-17)21(28)24-23-26-25-22(33-23)20-15-31-18-8-6-7-9-19(18)32-20/h6-13,20H,3-5,14-15H2,1-2H3,(H,24,26,28). The Kier molecular flexibility index (Phi) is 7.13. The molecule has 0 fully saturated rings. The number of anilines is 1. The zero-order valence-corrected chi connectivity index (χ0v) is 19.7. The number of nitrogens with zero attached hydrogens (tertiary/aromatic N) is 3. The number of para-hydroxylation sites is 2. The molecule has 34 heavy (non-hydrogen) atoms. The second kappa shape index (κ2) is 10.2. The second-order valence-electron chi connectivity index (χ2n) is 7.64. The summed E-state index contributed by atoms with van der Waals surface area (Å²) in [4.78, 5) is 12.7. The fraction of sp³-hybridized carbons (Fsp3) is 0.348. The molecule has 0 bridgehead atoms. The topological polar surface area (TPSA) is 124 Å². The highest BCUT2D eigenvalue weighted by Gasteiger charge is 2.28. The molecular weight excluding hydrogens is 460 g/mol. The number of amides is 1. The molecule has 0 spiro atoms. The molecule has 1 aliphatic rings. The van der Waals surface area contributed by atoms with Gasteiger partial charge >= 0.3 is 6.01 Å². The van der Waals surface area contributed by atoms with E-state index in [9.17, 15) is 13.2 Å². The molecular formula is C23H26N4O6S. The molecule has 11 heteroatoms. The highest BCUT2D eigenvalue weighted by Crippen LogP contribution is 2.35. The molecule has 2 aromatic carbocycles. The Morgan fingerprint density at radius 2 is 1.82 bits per heavy atom. The summed E-state index contributed by atoms with van der Waals surface area (Å²) in [7, 11) is -3.62. The number of unbranched alkanes of at least 4 members (excludes halogenated alkanes) is 1. The van der Waals surface area contributed by atoms with Crippen molar-refractivity contribution in [2.24, 2.45) is 0 Å². The number of sulfonamides is 1. The van der Waals surface area contributed by atoms with E-state index in [1.165, 1.54) is 28.6 Å². The quantitative estimate of drug-likeness (QED) is 0.486. The number of hydrogen-bond acceptors (Lipinski definition) is 8. The maximum absolute atomic E-state index is 12.8. The molecule has 180 valence electrons. The van der Waals surface area contributed by atoms with Gasteiger partial charge < -0.3 is 13.9 Å². The Balaban J connectivity index is 1.41. The van der Waals surface area contributed by atoms with Crippen molar-refractivity contribution in [3.8, 4) is 11.5 Å². The van der Waals surface area contributed by atoms with Crippen LogP contribution in [0, 0.1) is 0 Å². The number of aromatic nitrogens is 2. The van der Waals surface area contributed by atoms with E-state index in [4.69, 9.17) is 13.9 Å². The van der Waals surface area contributed by atoms with Crippen molar-refractivity contribution in [3.63, 3.8) is 0 Å². The highest BCUT2D eigenvalue weighted by atomic mass is 32.2. The van der Waals surface area contributed by atoms with Crippen LogP contribution in [0.2, 0.25) is 0 Å². The van der Waals surface area contributed by atoms with Crippen molar-refractivity contribution in [1.82, 2.24) is 14.5 Å². The third-order valence-electron chi connectivity index (χ3n) is 5.31. The number of ether oxygens (including phenoxy) is 2. The first-order valence-electron chi connectivity index (χ1n) is 11.1. The molecule has 1 N–H and O–H groups in total. The SMILES string of the molecule is CCCCN(CC)S(=O)(=O)c1ccc(C(=O)Nc2nnc(C3COc4ccccc4O3)o2)cc1. The highest BCUT2D eigenvalue weighted by molar-refractivity contribution is 7.89. The summed E-state index contributed by atoms with van der Waals surface area (Å²) < 4.78 is 44.1. The number of nitrogens with one attached hydrogen (secondary N) is 1. The predicted molar refractivity (Wildman–Crippen MR) is 123 cm³/mol. The van der Waals surface area contributed by atoms with Gasteiger partial charge in [0.15, 0.2) is 11.5 Å². The molecule has 0 radical (unpaired) electrons. The van der Waals surface area contributed by atoms with E-state index in [2.05, 4.69) is 15.5 Å². The minimum absolute atomic E-state index is 0.101. The summed E-state index contributed by atoms with van der Waals surface area (Å²) in [6.45, 7) is 4.84. The first-order valence-corrected chi connectivity index (χ1v) is 12.5. The predicted octanol–water partition coefficient (Wildman–Crippen LogP) is 3.65. The fourth-order valence-corrected chi connectivity index (χ4v) is 4.92. The van der Waals surface area contributed by atoms with Crippen LogP contribution in [0.1, 0.15) is 49.0 Å². The van der Waals surface area contributed by atoms with Gasteiger partial charge in [-0.15, -0.1) is 5.10 Å². The van der Waals surface area contributed by atoms with Gasteiger partial charge in [0.2, 0.25) is 16.1 Å². The molecule has 3 aromatic rings. The second-order valence-corrected chi connectivity index (χ2v) is 9.58. The van der Waals surface area contributed by atoms with Crippen LogP contribution in [-0.4, -0.2) is 48.5 Å². The first kappa shape index (κ1) is 23.7. The van der Waals surface area contributed by atoms with E-state index in [0.29, 0.717) is 24.6 Å². The summed E-state index contributed by atoms with van der Waals surface area (Å²) in [6.07, 6.45) is 1.08. The van der Waals surface area contributed by atoms with Crippen LogP contribution < -0.4 is 14.8 Å². The van der Waals surface area contributed by atoms with Crippen LogP contribution in [-0.2, 0) is 10.0 Å². The molecule has 4 rings (SSSR count). The van der Waals surface area contributed by atoms with Crippen LogP contribution in [0.5, 0.6) is 11.5 Å². The lowest BCUT2D eigenvalue weighted by Gasteiger charge is -2.23. The van der Waals surface area contributed by atoms with Gasteiger partial charge in [-0.25, -0.2) is 8.42 Å². The van der Waals surface area contributed by atoms with Crippen LogP contribution in [0.15, 0.2) is 57.8 Å². The monoisotopic (exact) mass is 486 g/mol. The zero-order valence-electron chi connectivity index (χ0n) is 18.9. The number of carbonyl (C=O) groups excluding carboxylic acids is 1. The molecule has 0 saturated carbocycles. The van der Waals surface area contributed by atoms with Crippen molar-refractivity contribution in [2.75, 3.05) is 25.0 Å². The Hall–Kier alpha value is -3.44. The number of benzene rings is 2. The molecule has 2 heterocycles. The number of carbonyl (C=O) groups is 1. The third kappa shape index (κ3) is 5.05. The van der Waals surface area contributed by atoms with Crippen molar-refractivity contribution in [3.05, 3.63) is 60.0 Å². The Morgan fingerprint density at radius 1 is 1.09 bits per heavy atom. The van der Waals surface area contributed by atoms with Gasteiger partial charge in [-0.1, -0.05) is 37.5 Å². The summed E-state index contributed by atoms with van der Waals surface area (Å²) in [5.41, 5.74) is 0.251. The van der Waals surface area contributed by atoms with Gasteiger partial charge in [-0.05, 0) is 42.8 Å². The lowest BCUT2D eigenvalue weighted by Crippen LogP contribution is -2.31. The molecule has 1 atom stereocenters. The van der Waals surface area contributed by atoms with Crippen LogP contribution in [0.25, 0.3) is 0 Å². The van der Waals surface area contributed by atoms with E-state index < -0.39 is 22.0 Å². The van der Waals surface area contributed by atoms with Gasteiger partial charge in [0.25, 0.3) is 11.8 Å². The van der Waals surface area contributed by atoms with E-state index >= 15 is 0 Å². The van der Waals surface area contributed by atoms with Crippen LogP contribution in [0.4, 0.5) is 6.01 Å². The smallest absolute Gasteiger partial charge is 0.322 e. The van der Waals surface area contributed by atoms with Crippen molar-refractivity contribution in [2.45, 2.75) is 37.7 Å². The average Bonchev–Trinajstić information content (AvgIpc) is 3.32. The van der Waals surface area contributed by atoms with E-state index in [1.54, 1.807) is 19.1 Å². The van der Waals surface area contributed by atoms with Gasteiger partial charge in [0.1, 0.15) is 6.61 Å². The summed E-state index contributed by atoms with van der Waals surface area (Å²) in [5.74, 6) is 0.847. The molecule has 1 aliphatic heterocycles. The molecule has 0 aliphatic carbocycles. The summed E-state index contributed by atoms with van der Waals surface area (Å²) >= 11 is 0.